The van der Waals surface area contributed by atoms with E-state index in [4.69, 9.17) is 9.47 Å². The predicted octanol–water partition coefficient (Wildman–Crippen LogP) is 3.08. The Bertz CT molecular complexity index is 763. The van der Waals surface area contributed by atoms with Crippen LogP contribution in [0, 0.1) is 5.92 Å². The molecule has 1 saturated heterocycles. The highest BCUT2D eigenvalue weighted by molar-refractivity contribution is 5.49. The third-order valence-electron chi connectivity index (χ3n) is 6.06. The molecule has 3 aliphatic rings. The van der Waals surface area contributed by atoms with E-state index in [2.05, 4.69) is 39.0 Å². The first kappa shape index (κ1) is 17.0. The number of benzene rings is 1. The Kier molecular flexibility index (Phi) is 4.72. The van der Waals surface area contributed by atoms with E-state index in [-0.39, 0.29) is 0 Å². The monoisotopic (exact) mass is 365 g/mol. The molecule has 2 aromatic rings. The van der Waals surface area contributed by atoms with Gasteiger partial charge in [0, 0.05) is 38.6 Å². The molecule has 0 N–H and O–H groups in total. The molecule has 0 spiro atoms. The molecule has 5 rings (SSSR count). The number of likely N-dealkylation sites (tertiary alicyclic amines) is 1. The van der Waals surface area contributed by atoms with Gasteiger partial charge in [0.15, 0.2) is 11.5 Å². The predicted molar refractivity (Wildman–Crippen MR) is 104 cm³/mol. The van der Waals surface area contributed by atoms with Gasteiger partial charge in [-0.25, -0.2) is 0 Å². The topological polar surface area (TPSA) is 37.8 Å². The molecule has 142 valence electrons. The fourth-order valence-electron chi connectivity index (χ4n) is 4.67. The Balaban J connectivity index is 1.08. The van der Waals surface area contributed by atoms with Crippen LogP contribution in [0.2, 0.25) is 0 Å². The van der Waals surface area contributed by atoms with E-state index in [1.165, 1.54) is 55.7 Å². The van der Waals surface area contributed by atoms with Gasteiger partial charge in [0.05, 0.1) is 0 Å². The Morgan fingerprint density at radius 2 is 1.74 bits per heavy atom. The van der Waals surface area contributed by atoms with Crippen molar-refractivity contribution in [2.45, 2.75) is 32.4 Å². The van der Waals surface area contributed by atoms with Crippen LogP contribution in [0.3, 0.4) is 0 Å². The van der Waals surface area contributed by atoms with Crippen molar-refractivity contribution < 1.29 is 9.47 Å². The van der Waals surface area contributed by atoms with Crippen LogP contribution in [-0.4, -0.2) is 47.8 Å². The Morgan fingerprint density at radius 3 is 2.48 bits per heavy atom. The molecule has 1 aromatic carbocycles. The van der Waals surface area contributed by atoms with E-state index in [0.29, 0.717) is 6.79 Å². The standard InChI is InChI=1S/C22H27N3O2/c1(2-17-3-6-23-7-4-17)8-24-9-5-18(12-24)13-25-14-19-10-21-22(27-16-26-21)11-20(19)15-25/h3-4,6-7,10-11,18H,1-2,5,8-9,12-16H2. The Morgan fingerprint density at radius 1 is 1.00 bits per heavy atom. The lowest BCUT2D eigenvalue weighted by Crippen LogP contribution is -2.28. The van der Waals surface area contributed by atoms with Crippen molar-refractivity contribution in [3.8, 4) is 11.5 Å². The van der Waals surface area contributed by atoms with Gasteiger partial charge in [0.25, 0.3) is 0 Å². The first-order chi connectivity index (χ1) is 13.3. The molecule has 1 unspecified atom stereocenters. The average molecular weight is 365 g/mol. The van der Waals surface area contributed by atoms with Crippen LogP contribution in [0.15, 0.2) is 36.7 Å². The summed E-state index contributed by atoms with van der Waals surface area (Å²) in [6.07, 6.45) is 7.49. The normalized spacial score (nSPS) is 21.7. The molecule has 0 radical (unpaired) electrons. The van der Waals surface area contributed by atoms with Crippen LogP contribution in [0.4, 0.5) is 0 Å². The fourth-order valence-corrected chi connectivity index (χ4v) is 4.67. The maximum absolute atomic E-state index is 5.53. The van der Waals surface area contributed by atoms with Crippen LogP contribution in [-0.2, 0) is 19.5 Å². The minimum absolute atomic E-state index is 0.362. The van der Waals surface area contributed by atoms with Crippen molar-refractivity contribution in [3.05, 3.63) is 53.3 Å². The largest absolute Gasteiger partial charge is 0.454 e. The molecule has 1 atom stereocenters. The number of hydrogen-bond acceptors (Lipinski definition) is 5. The van der Waals surface area contributed by atoms with Gasteiger partial charge >= 0.3 is 0 Å². The number of ether oxygens (including phenoxy) is 2. The summed E-state index contributed by atoms with van der Waals surface area (Å²) in [5.74, 6) is 2.62. The van der Waals surface area contributed by atoms with Gasteiger partial charge in [0.2, 0.25) is 6.79 Å². The molecule has 0 saturated carbocycles. The van der Waals surface area contributed by atoms with E-state index in [0.717, 1.165) is 36.9 Å². The van der Waals surface area contributed by atoms with Gasteiger partial charge in [0.1, 0.15) is 0 Å². The van der Waals surface area contributed by atoms with Gasteiger partial charge < -0.3 is 14.4 Å². The highest BCUT2D eigenvalue weighted by Crippen LogP contribution is 2.38. The van der Waals surface area contributed by atoms with Crippen molar-refractivity contribution in [1.29, 1.82) is 0 Å². The van der Waals surface area contributed by atoms with Crippen LogP contribution >= 0.6 is 0 Å². The number of rotatable bonds is 6. The van der Waals surface area contributed by atoms with Crippen molar-refractivity contribution in [3.63, 3.8) is 0 Å². The summed E-state index contributed by atoms with van der Waals surface area (Å²) >= 11 is 0. The molecule has 5 nitrogen and oxygen atoms in total. The summed E-state index contributed by atoms with van der Waals surface area (Å²) in [6, 6.07) is 8.61. The summed E-state index contributed by atoms with van der Waals surface area (Å²) in [6.45, 7) is 7.35. The summed E-state index contributed by atoms with van der Waals surface area (Å²) in [7, 11) is 0. The first-order valence-electron chi connectivity index (χ1n) is 10.1. The number of aromatic nitrogens is 1. The third kappa shape index (κ3) is 3.80. The highest BCUT2D eigenvalue weighted by atomic mass is 16.7. The third-order valence-corrected chi connectivity index (χ3v) is 6.06. The Labute approximate surface area is 160 Å². The van der Waals surface area contributed by atoms with Crippen LogP contribution < -0.4 is 9.47 Å². The SMILES string of the molecule is c1cc(CCCN2CCC(CN3Cc4cc5c(cc4C3)OCO5)C2)ccn1. The lowest BCUT2D eigenvalue weighted by Gasteiger charge is -2.20. The molecule has 1 fully saturated rings. The van der Waals surface area contributed by atoms with Crippen LogP contribution in [0.25, 0.3) is 0 Å². The molecule has 0 aliphatic carbocycles. The zero-order valence-corrected chi connectivity index (χ0v) is 15.8. The molecule has 3 aliphatic heterocycles. The minimum Gasteiger partial charge on any atom is -0.454 e. The van der Waals surface area contributed by atoms with Crippen molar-refractivity contribution >= 4 is 0 Å². The van der Waals surface area contributed by atoms with Gasteiger partial charge in [-0.1, -0.05) is 0 Å². The van der Waals surface area contributed by atoms with Crippen molar-refractivity contribution in [2.75, 3.05) is 33.0 Å². The van der Waals surface area contributed by atoms with E-state index in [1.807, 2.05) is 12.4 Å². The fraction of sp³-hybridized carbons (Fsp3) is 0.500. The smallest absolute Gasteiger partial charge is 0.231 e. The van der Waals surface area contributed by atoms with Gasteiger partial charge in [-0.05, 0) is 79.2 Å². The maximum Gasteiger partial charge on any atom is 0.231 e. The lowest BCUT2D eigenvalue weighted by atomic mass is 10.1. The summed E-state index contributed by atoms with van der Waals surface area (Å²) in [5, 5.41) is 0. The highest BCUT2D eigenvalue weighted by Gasteiger charge is 2.28. The number of aryl methyl sites for hydroxylation is 1. The summed E-state index contributed by atoms with van der Waals surface area (Å²) in [5.41, 5.74) is 4.22. The number of hydrogen-bond donors (Lipinski definition) is 0. The van der Waals surface area contributed by atoms with E-state index in [1.54, 1.807) is 0 Å². The summed E-state index contributed by atoms with van der Waals surface area (Å²) < 4.78 is 11.1. The second-order valence-corrected chi connectivity index (χ2v) is 8.06. The molecule has 0 bridgehead atoms. The second-order valence-electron chi connectivity index (χ2n) is 8.06. The van der Waals surface area contributed by atoms with E-state index < -0.39 is 0 Å². The maximum atomic E-state index is 5.53. The molecular weight excluding hydrogens is 338 g/mol. The quantitative estimate of drug-likeness (QED) is 0.786. The average Bonchev–Trinajstić information content (AvgIpc) is 3.40. The van der Waals surface area contributed by atoms with Crippen LogP contribution in [0.1, 0.15) is 29.5 Å². The zero-order chi connectivity index (χ0) is 18.1. The van der Waals surface area contributed by atoms with Gasteiger partial charge in [-0.3, -0.25) is 9.88 Å². The second kappa shape index (κ2) is 7.49. The molecule has 5 heteroatoms. The van der Waals surface area contributed by atoms with Crippen molar-refractivity contribution in [2.24, 2.45) is 5.92 Å². The molecular formula is C22H27N3O2. The van der Waals surface area contributed by atoms with E-state index in [9.17, 15) is 0 Å². The first-order valence-corrected chi connectivity index (χ1v) is 10.1. The number of pyridine rings is 1. The van der Waals surface area contributed by atoms with Crippen LogP contribution in [0.5, 0.6) is 11.5 Å². The minimum atomic E-state index is 0.362. The Hall–Kier alpha value is -2.11. The lowest BCUT2D eigenvalue weighted by molar-refractivity contribution is 0.173. The van der Waals surface area contributed by atoms with E-state index >= 15 is 0 Å². The molecule has 4 heterocycles. The zero-order valence-electron chi connectivity index (χ0n) is 15.8. The molecule has 1 aromatic heterocycles. The molecule has 0 amide bonds. The summed E-state index contributed by atoms with van der Waals surface area (Å²) in [4.78, 5) is 9.33. The molecule has 27 heavy (non-hydrogen) atoms. The van der Waals surface area contributed by atoms with Gasteiger partial charge in [-0.2, -0.15) is 0 Å². The van der Waals surface area contributed by atoms with Gasteiger partial charge in [-0.15, -0.1) is 0 Å². The number of fused-ring (bicyclic) bond motifs is 2. The van der Waals surface area contributed by atoms with Crippen molar-refractivity contribution in [1.82, 2.24) is 14.8 Å². The number of nitrogens with zero attached hydrogens (tertiary/aromatic N) is 3.